The van der Waals surface area contributed by atoms with Crippen LogP contribution in [0.2, 0.25) is 0 Å². The summed E-state index contributed by atoms with van der Waals surface area (Å²) in [4.78, 5) is 0. The molecule has 0 heterocycles. The van der Waals surface area contributed by atoms with Gasteiger partial charge < -0.3 is 0 Å². The van der Waals surface area contributed by atoms with Gasteiger partial charge in [0.25, 0.3) is 0 Å². The molecule has 0 aliphatic heterocycles. The van der Waals surface area contributed by atoms with Gasteiger partial charge in [-0.1, -0.05) is 146 Å². The molecule has 0 saturated carbocycles. The Morgan fingerprint density at radius 3 is 1.38 bits per heavy atom. The van der Waals surface area contributed by atoms with Crippen molar-refractivity contribution in [2.45, 2.75) is 0 Å². The smallest absolute Gasteiger partial charge is 0.00141 e. The maximum absolute atomic E-state index is 2.40. The Morgan fingerprint density at radius 1 is 0.262 bits per heavy atom. The molecule has 0 bridgehead atoms. The van der Waals surface area contributed by atoms with Crippen LogP contribution in [0.3, 0.4) is 0 Å². The first kappa shape index (κ1) is 23.3. The molecule has 0 saturated heterocycles. The van der Waals surface area contributed by atoms with Gasteiger partial charge in [0, 0.05) is 0 Å². The van der Waals surface area contributed by atoms with Crippen molar-refractivity contribution >= 4 is 53.9 Å². The molecule has 0 aliphatic carbocycles. The Bertz CT molecular complexity index is 2370. The fourth-order valence-corrected chi connectivity index (χ4v) is 7.20. The van der Waals surface area contributed by atoms with E-state index in [1.807, 2.05) is 0 Å². The SMILES string of the molecule is c1ccc(-c2c3ccccc3c(-c3ccccc3)c3c(-c4cc5ccc6cccc7ccc(c4)c5c67)cccc23)cc1. The van der Waals surface area contributed by atoms with E-state index < -0.39 is 0 Å². The van der Waals surface area contributed by atoms with Gasteiger partial charge in [-0.2, -0.15) is 0 Å². The second-order valence-corrected chi connectivity index (χ2v) is 11.3. The third-order valence-corrected chi connectivity index (χ3v) is 8.95. The van der Waals surface area contributed by atoms with Crippen LogP contribution in [0.1, 0.15) is 0 Å². The van der Waals surface area contributed by atoms with Crippen LogP contribution in [-0.2, 0) is 0 Å². The lowest BCUT2D eigenvalue weighted by Crippen LogP contribution is -1.93. The standard InChI is InChI=1S/C42H26/c1-3-11-27(12-4-1)40-35-17-7-8-18-36(35)41(28-13-5-2-6-14-28)42-34(19-10-20-37(40)42)33-25-31-23-21-29-15-9-16-30-22-24-32(26-33)39(31)38(29)30/h1-26H. The summed E-state index contributed by atoms with van der Waals surface area (Å²) < 4.78 is 0. The van der Waals surface area contributed by atoms with E-state index in [1.54, 1.807) is 0 Å². The fraction of sp³-hybridized carbons (Fsp3) is 0. The molecule has 194 valence electrons. The number of fused-ring (bicyclic) bond motifs is 2. The van der Waals surface area contributed by atoms with E-state index in [0.29, 0.717) is 0 Å². The summed E-state index contributed by atoms with van der Waals surface area (Å²) in [6.45, 7) is 0. The molecule has 0 atom stereocenters. The average Bonchev–Trinajstić information content (AvgIpc) is 3.06. The van der Waals surface area contributed by atoms with Crippen molar-refractivity contribution in [3.8, 4) is 33.4 Å². The van der Waals surface area contributed by atoms with Gasteiger partial charge in [0.1, 0.15) is 0 Å². The van der Waals surface area contributed by atoms with Crippen molar-refractivity contribution in [1.82, 2.24) is 0 Å². The topological polar surface area (TPSA) is 0 Å². The van der Waals surface area contributed by atoms with Crippen molar-refractivity contribution in [2.75, 3.05) is 0 Å². The van der Waals surface area contributed by atoms with Gasteiger partial charge >= 0.3 is 0 Å². The summed E-state index contributed by atoms with van der Waals surface area (Å²) in [7, 11) is 0. The summed E-state index contributed by atoms with van der Waals surface area (Å²) in [5.74, 6) is 0. The lowest BCUT2D eigenvalue weighted by molar-refractivity contribution is 1.64. The van der Waals surface area contributed by atoms with Crippen LogP contribution in [-0.4, -0.2) is 0 Å². The molecule has 9 aromatic carbocycles. The molecule has 0 aromatic heterocycles. The van der Waals surface area contributed by atoms with E-state index in [-0.39, 0.29) is 0 Å². The zero-order valence-corrected chi connectivity index (χ0v) is 23.0. The lowest BCUT2D eigenvalue weighted by Gasteiger charge is -2.21. The van der Waals surface area contributed by atoms with Crippen molar-refractivity contribution in [3.63, 3.8) is 0 Å². The molecule has 0 heteroatoms. The minimum absolute atomic E-state index is 1.24. The van der Waals surface area contributed by atoms with Crippen LogP contribution in [0.4, 0.5) is 0 Å². The predicted molar refractivity (Wildman–Crippen MR) is 181 cm³/mol. The van der Waals surface area contributed by atoms with Gasteiger partial charge in [-0.05, 0) is 99.4 Å². The molecule has 0 N–H and O–H groups in total. The monoisotopic (exact) mass is 530 g/mol. The first-order chi connectivity index (χ1) is 20.8. The second kappa shape index (κ2) is 9.03. The molecule has 0 radical (unpaired) electrons. The summed E-state index contributed by atoms with van der Waals surface area (Å²) in [6.07, 6.45) is 0. The van der Waals surface area contributed by atoms with Crippen LogP contribution in [0.25, 0.3) is 87.2 Å². The van der Waals surface area contributed by atoms with Crippen LogP contribution >= 0.6 is 0 Å². The molecular weight excluding hydrogens is 504 g/mol. The lowest BCUT2D eigenvalue weighted by atomic mass is 9.82. The summed E-state index contributed by atoms with van der Waals surface area (Å²) in [6, 6.07) is 58.1. The highest BCUT2D eigenvalue weighted by molar-refractivity contribution is 6.27. The van der Waals surface area contributed by atoms with Crippen molar-refractivity contribution in [3.05, 3.63) is 158 Å². The zero-order chi connectivity index (χ0) is 27.6. The normalized spacial score (nSPS) is 11.8. The minimum atomic E-state index is 1.24. The second-order valence-electron chi connectivity index (χ2n) is 11.3. The van der Waals surface area contributed by atoms with Crippen molar-refractivity contribution in [1.29, 1.82) is 0 Å². The molecule has 0 amide bonds. The summed E-state index contributed by atoms with van der Waals surface area (Å²) in [5.41, 5.74) is 7.58. The Morgan fingerprint density at radius 2 is 0.738 bits per heavy atom. The number of hydrogen-bond donors (Lipinski definition) is 0. The third-order valence-electron chi connectivity index (χ3n) is 8.95. The van der Waals surface area contributed by atoms with E-state index in [2.05, 4.69) is 158 Å². The van der Waals surface area contributed by atoms with E-state index in [9.17, 15) is 0 Å². The predicted octanol–water partition coefficient (Wildman–Crippen LogP) is 11.9. The van der Waals surface area contributed by atoms with Gasteiger partial charge in [0.15, 0.2) is 0 Å². The van der Waals surface area contributed by atoms with Crippen LogP contribution in [0, 0.1) is 0 Å². The molecule has 0 nitrogen and oxygen atoms in total. The van der Waals surface area contributed by atoms with Crippen LogP contribution in [0.5, 0.6) is 0 Å². The molecule has 0 unspecified atom stereocenters. The zero-order valence-electron chi connectivity index (χ0n) is 23.0. The molecule has 0 aliphatic rings. The van der Waals surface area contributed by atoms with Crippen LogP contribution < -0.4 is 0 Å². The highest BCUT2D eigenvalue weighted by Crippen LogP contribution is 2.47. The molecule has 0 fully saturated rings. The van der Waals surface area contributed by atoms with Crippen LogP contribution in [0.15, 0.2) is 158 Å². The number of hydrogen-bond acceptors (Lipinski definition) is 0. The first-order valence-corrected chi connectivity index (χ1v) is 14.6. The Kier molecular flexibility index (Phi) is 5.00. The third kappa shape index (κ3) is 3.36. The first-order valence-electron chi connectivity index (χ1n) is 14.6. The van der Waals surface area contributed by atoms with E-state index >= 15 is 0 Å². The Balaban J connectivity index is 1.46. The quantitative estimate of drug-likeness (QED) is 0.157. The number of benzene rings is 9. The van der Waals surface area contributed by atoms with Gasteiger partial charge in [-0.3, -0.25) is 0 Å². The van der Waals surface area contributed by atoms with Gasteiger partial charge in [0.05, 0.1) is 0 Å². The van der Waals surface area contributed by atoms with Gasteiger partial charge in [-0.25, -0.2) is 0 Å². The summed E-state index contributed by atoms with van der Waals surface area (Å²) >= 11 is 0. The highest BCUT2D eigenvalue weighted by atomic mass is 14.2. The molecule has 42 heavy (non-hydrogen) atoms. The Hall–Kier alpha value is -5.46. The van der Waals surface area contributed by atoms with E-state index in [0.717, 1.165) is 0 Å². The molecule has 0 spiro atoms. The molecule has 9 aromatic rings. The van der Waals surface area contributed by atoms with Gasteiger partial charge in [-0.15, -0.1) is 0 Å². The van der Waals surface area contributed by atoms with Crippen molar-refractivity contribution < 1.29 is 0 Å². The fourth-order valence-electron chi connectivity index (χ4n) is 7.20. The molecular formula is C42H26. The maximum Gasteiger partial charge on any atom is -0.00141 e. The van der Waals surface area contributed by atoms with Crippen molar-refractivity contribution in [2.24, 2.45) is 0 Å². The molecule has 9 rings (SSSR count). The maximum atomic E-state index is 2.40. The Labute approximate surface area is 244 Å². The average molecular weight is 531 g/mol. The van der Waals surface area contributed by atoms with Gasteiger partial charge in [0.2, 0.25) is 0 Å². The highest BCUT2D eigenvalue weighted by Gasteiger charge is 2.20. The largest absolute Gasteiger partial charge is 0.0622 e. The minimum Gasteiger partial charge on any atom is -0.0622 e. The van der Waals surface area contributed by atoms with E-state index in [1.165, 1.54) is 87.2 Å². The number of rotatable bonds is 3. The van der Waals surface area contributed by atoms with E-state index in [4.69, 9.17) is 0 Å². The summed E-state index contributed by atoms with van der Waals surface area (Å²) in [5, 5.41) is 13.0.